The third-order valence-corrected chi connectivity index (χ3v) is 4.46. The molecule has 2 atom stereocenters. The molecule has 0 aromatic heterocycles. The minimum absolute atomic E-state index is 0.160. The van der Waals surface area contributed by atoms with Crippen LogP contribution in [0.15, 0.2) is 11.6 Å². The quantitative estimate of drug-likeness (QED) is 0.594. The Morgan fingerprint density at radius 3 is 2.65 bits per heavy atom. The van der Waals surface area contributed by atoms with E-state index in [4.69, 9.17) is 4.74 Å². The lowest BCUT2D eigenvalue weighted by Crippen LogP contribution is -2.42. The number of carbonyl (C=O) groups excluding carboxylic acids is 1. The average molecular weight is 322 g/mol. The van der Waals surface area contributed by atoms with E-state index >= 15 is 0 Å². The highest BCUT2D eigenvalue weighted by Crippen LogP contribution is 2.28. The first-order valence-electron chi connectivity index (χ1n) is 9.12. The van der Waals surface area contributed by atoms with Gasteiger partial charge in [0.25, 0.3) is 0 Å². The normalized spacial score (nSPS) is 25.0. The Kier molecular flexibility index (Phi) is 6.12. The molecule has 0 radical (unpaired) electrons. The lowest BCUT2D eigenvalue weighted by atomic mass is 9.84. The van der Waals surface area contributed by atoms with Gasteiger partial charge in [-0.3, -0.25) is 0 Å². The van der Waals surface area contributed by atoms with Gasteiger partial charge in [-0.25, -0.2) is 4.79 Å². The summed E-state index contributed by atoms with van der Waals surface area (Å²) in [6.45, 7) is 13.0. The summed E-state index contributed by atoms with van der Waals surface area (Å²) in [6.07, 6.45) is 6.94. The minimum Gasteiger partial charge on any atom is -0.444 e. The molecule has 23 heavy (non-hydrogen) atoms. The van der Waals surface area contributed by atoms with Gasteiger partial charge in [-0.15, -0.1) is 0 Å². The molecule has 0 aromatic rings. The third-order valence-electron chi connectivity index (χ3n) is 4.46. The summed E-state index contributed by atoms with van der Waals surface area (Å²) in [5, 5.41) is 3.55. The van der Waals surface area contributed by atoms with E-state index in [2.05, 4.69) is 25.2 Å². The van der Waals surface area contributed by atoms with Crippen molar-refractivity contribution in [1.82, 2.24) is 10.2 Å². The number of ether oxygens (including phenoxy) is 1. The SMILES string of the molecule is CC1=CC(C)CC(CNCCN(C(=O)OC(C)(C)C)C2CC2)C1. The zero-order valence-corrected chi connectivity index (χ0v) is 15.5. The van der Waals surface area contributed by atoms with Gasteiger partial charge in [-0.2, -0.15) is 0 Å². The molecule has 0 aliphatic heterocycles. The highest BCUT2D eigenvalue weighted by molar-refractivity contribution is 5.69. The molecule has 2 aliphatic rings. The summed E-state index contributed by atoms with van der Waals surface area (Å²) >= 11 is 0. The molecule has 2 aliphatic carbocycles. The van der Waals surface area contributed by atoms with E-state index in [0.29, 0.717) is 12.0 Å². The fraction of sp³-hybridized carbons (Fsp3) is 0.842. The number of hydrogen-bond donors (Lipinski definition) is 1. The summed E-state index contributed by atoms with van der Waals surface area (Å²) in [5.74, 6) is 1.42. The molecule has 0 spiro atoms. The Labute approximate surface area is 141 Å². The summed E-state index contributed by atoms with van der Waals surface area (Å²) in [6, 6.07) is 0.395. The van der Waals surface area contributed by atoms with Crippen molar-refractivity contribution >= 4 is 6.09 Å². The highest BCUT2D eigenvalue weighted by atomic mass is 16.6. The second-order valence-corrected chi connectivity index (χ2v) is 8.41. The van der Waals surface area contributed by atoms with E-state index in [1.54, 1.807) is 0 Å². The molecule has 0 saturated heterocycles. The standard InChI is InChI=1S/C19H34N2O2/c1-14-10-15(2)12-16(11-14)13-20-8-9-21(17-6-7-17)18(22)23-19(3,4)5/h10,14,16-17,20H,6-9,11-13H2,1-5H3. The number of nitrogens with zero attached hydrogens (tertiary/aromatic N) is 1. The molecule has 132 valence electrons. The van der Waals surface area contributed by atoms with E-state index in [1.807, 2.05) is 25.7 Å². The number of hydrogen-bond acceptors (Lipinski definition) is 3. The van der Waals surface area contributed by atoms with Gasteiger partial charge in [0.1, 0.15) is 5.60 Å². The van der Waals surface area contributed by atoms with E-state index < -0.39 is 5.60 Å². The molecule has 1 saturated carbocycles. The molecule has 2 unspecified atom stereocenters. The van der Waals surface area contributed by atoms with Crippen LogP contribution in [0.2, 0.25) is 0 Å². The van der Waals surface area contributed by atoms with E-state index in [1.165, 1.54) is 18.4 Å². The van der Waals surface area contributed by atoms with Crippen LogP contribution in [0.5, 0.6) is 0 Å². The van der Waals surface area contributed by atoms with Crippen molar-refractivity contribution in [2.75, 3.05) is 19.6 Å². The molecule has 0 heterocycles. The van der Waals surface area contributed by atoms with Crippen molar-refractivity contribution in [3.8, 4) is 0 Å². The van der Waals surface area contributed by atoms with Gasteiger partial charge in [-0.1, -0.05) is 18.6 Å². The fourth-order valence-electron chi connectivity index (χ4n) is 3.48. The molecule has 1 amide bonds. The zero-order chi connectivity index (χ0) is 17.0. The molecule has 4 heteroatoms. The van der Waals surface area contributed by atoms with Gasteiger partial charge in [0, 0.05) is 19.1 Å². The lowest BCUT2D eigenvalue weighted by Gasteiger charge is -2.28. The van der Waals surface area contributed by atoms with Gasteiger partial charge < -0.3 is 15.0 Å². The number of carbonyl (C=O) groups is 1. The highest BCUT2D eigenvalue weighted by Gasteiger charge is 2.34. The molecule has 2 rings (SSSR count). The first kappa shape index (κ1) is 18.3. The van der Waals surface area contributed by atoms with E-state index in [9.17, 15) is 4.79 Å². The number of nitrogens with one attached hydrogen (secondary N) is 1. The molecule has 1 N–H and O–H groups in total. The van der Waals surface area contributed by atoms with Crippen LogP contribution in [-0.4, -0.2) is 42.3 Å². The van der Waals surface area contributed by atoms with Gasteiger partial charge in [0.05, 0.1) is 0 Å². The zero-order valence-electron chi connectivity index (χ0n) is 15.5. The second kappa shape index (κ2) is 7.69. The third kappa shape index (κ3) is 6.54. The van der Waals surface area contributed by atoms with Gasteiger partial charge >= 0.3 is 6.09 Å². The van der Waals surface area contributed by atoms with Crippen LogP contribution in [0.25, 0.3) is 0 Å². The number of allylic oxidation sites excluding steroid dienone is 2. The van der Waals surface area contributed by atoms with Gasteiger partial charge in [0.2, 0.25) is 0 Å². The topological polar surface area (TPSA) is 41.6 Å². The summed E-state index contributed by atoms with van der Waals surface area (Å²) < 4.78 is 5.53. The average Bonchev–Trinajstić information content (AvgIpc) is 3.19. The maximum atomic E-state index is 12.3. The number of rotatable bonds is 6. The van der Waals surface area contributed by atoms with Crippen LogP contribution in [-0.2, 0) is 4.74 Å². The fourth-order valence-corrected chi connectivity index (χ4v) is 3.48. The van der Waals surface area contributed by atoms with Crippen molar-refractivity contribution in [3.05, 3.63) is 11.6 Å². The van der Waals surface area contributed by atoms with E-state index in [-0.39, 0.29) is 6.09 Å². The first-order valence-corrected chi connectivity index (χ1v) is 9.12. The van der Waals surface area contributed by atoms with Crippen molar-refractivity contribution in [2.24, 2.45) is 11.8 Å². The van der Waals surface area contributed by atoms with Crippen LogP contribution in [0.3, 0.4) is 0 Å². The van der Waals surface area contributed by atoms with Crippen LogP contribution < -0.4 is 5.32 Å². The van der Waals surface area contributed by atoms with Gasteiger partial charge in [-0.05, 0) is 71.8 Å². The van der Waals surface area contributed by atoms with Crippen LogP contribution in [0.1, 0.15) is 60.3 Å². The predicted octanol–water partition coefficient (Wildman–Crippen LogP) is 3.97. The van der Waals surface area contributed by atoms with Crippen molar-refractivity contribution in [1.29, 1.82) is 0 Å². The van der Waals surface area contributed by atoms with E-state index in [0.717, 1.165) is 38.4 Å². The molecular weight excluding hydrogens is 288 g/mol. The maximum absolute atomic E-state index is 12.3. The summed E-state index contributed by atoms with van der Waals surface area (Å²) in [4.78, 5) is 14.2. The van der Waals surface area contributed by atoms with Crippen molar-refractivity contribution in [2.45, 2.75) is 71.9 Å². The Hall–Kier alpha value is -1.03. The van der Waals surface area contributed by atoms with Crippen LogP contribution in [0.4, 0.5) is 4.79 Å². The van der Waals surface area contributed by atoms with Gasteiger partial charge in [0.15, 0.2) is 0 Å². The monoisotopic (exact) mass is 322 g/mol. The Balaban J connectivity index is 1.71. The Morgan fingerprint density at radius 2 is 2.09 bits per heavy atom. The molecule has 0 aromatic carbocycles. The van der Waals surface area contributed by atoms with Crippen LogP contribution in [0, 0.1) is 11.8 Å². The Morgan fingerprint density at radius 1 is 1.39 bits per heavy atom. The second-order valence-electron chi connectivity index (χ2n) is 8.41. The Bertz CT molecular complexity index is 435. The number of amides is 1. The minimum atomic E-state index is -0.417. The lowest BCUT2D eigenvalue weighted by molar-refractivity contribution is 0.0235. The van der Waals surface area contributed by atoms with Crippen LogP contribution >= 0.6 is 0 Å². The maximum Gasteiger partial charge on any atom is 0.410 e. The van der Waals surface area contributed by atoms with Crippen molar-refractivity contribution < 1.29 is 9.53 Å². The smallest absolute Gasteiger partial charge is 0.410 e. The predicted molar refractivity (Wildman–Crippen MR) is 94.5 cm³/mol. The first-order chi connectivity index (χ1) is 10.7. The summed E-state index contributed by atoms with van der Waals surface area (Å²) in [5.41, 5.74) is 1.10. The van der Waals surface area contributed by atoms with Crippen molar-refractivity contribution in [3.63, 3.8) is 0 Å². The molecule has 4 nitrogen and oxygen atoms in total. The summed E-state index contributed by atoms with van der Waals surface area (Å²) in [7, 11) is 0. The molecular formula is C19H34N2O2. The largest absolute Gasteiger partial charge is 0.444 e. The molecule has 0 bridgehead atoms. The molecule has 1 fully saturated rings.